The molecule has 98 valence electrons. The zero-order valence-electron chi connectivity index (χ0n) is 9.85. The Labute approximate surface area is 104 Å². The van der Waals surface area contributed by atoms with E-state index in [2.05, 4.69) is 5.32 Å². The molecule has 0 bridgehead atoms. The van der Waals surface area contributed by atoms with Gasteiger partial charge in [0.25, 0.3) is 0 Å². The highest BCUT2D eigenvalue weighted by molar-refractivity contribution is 5.78. The van der Waals surface area contributed by atoms with Crippen LogP contribution in [0, 0.1) is 5.82 Å². The summed E-state index contributed by atoms with van der Waals surface area (Å²) in [5.74, 6) is -2.04. The first-order valence-electron chi connectivity index (χ1n) is 5.35. The Morgan fingerprint density at radius 1 is 1.44 bits per heavy atom. The normalized spacial score (nSPS) is 11.9. The Morgan fingerprint density at radius 3 is 2.72 bits per heavy atom. The molecule has 0 heterocycles. The highest BCUT2D eigenvalue weighted by atomic mass is 19.1. The molecular weight excluding hydrogens is 241 g/mol. The standard InChI is InChI=1S/C12H14FNO4/c1-8(12(16)17)18-7-11(15)14-6-9-4-2-3-5-10(9)13/h2-5,8H,6-7H2,1H3,(H,14,15)(H,16,17)/t8-/m0/s1. The largest absolute Gasteiger partial charge is 0.479 e. The maximum atomic E-state index is 13.2. The third-order valence-electron chi connectivity index (χ3n) is 2.25. The number of carboxylic acids is 1. The summed E-state index contributed by atoms with van der Waals surface area (Å²) in [6.07, 6.45) is -1.05. The number of hydrogen-bond donors (Lipinski definition) is 2. The van der Waals surface area contributed by atoms with Gasteiger partial charge in [-0.25, -0.2) is 9.18 Å². The van der Waals surface area contributed by atoms with Crippen molar-refractivity contribution in [2.24, 2.45) is 0 Å². The van der Waals surface area contributed by atoms with Gasteiger partial charge in [-0.15, -0.1) is 0 Å². The van der Waals surface area contributed by atoms with Crippen LogP contribution in [0.1, 0.15) is 12.5 Å². The summed E-state index contributed by atoms with van der Waals surface area (Å²) in [5, 5.41) is 11.0. The second kappa shape index (κ2) is 6.70. The van der Waals surface area contributed by atoms with Crippen LogP contribution < -0.4 is 5.32 Å². The molecule has 0 unspecified atom stereocenters. The van der Waals surface area contributed by atoms with Crippen molar-refractivity contribution >= 4 is 11.9 Å². The number of benzene rings is 1. The summed E-state index contributed by atoms with van der Waals surface area (Å²) in [5.41, 5.74) is 0.358. The Balaban J connectivity index is 2.34. The minimum Gasteiger partial charge on any atom is -0.479 e. The van der Waals surface area contributed by atoms with Gasteiger partial charge >= 0.3 is 5.97 Å². The molecule has 1 amide bonds. The first-order valence-corrected chi connectivity index (χ1v) is 5.35. The first-order chi connectivity index (χ1) is 8.50. The summed E-state index contributed by atoms with van der Waals surface area (Å²) in [6.45, 7) is 0.991. The van der Waals surface area contributed by atoms with E-state index in [9.17, 15) is 14.0 Å². The molecule has 0 radical (unpaired) electrons. The zero-order valence-corrected chi connectivity index (χ0v) is 9.85. The summed E-state index contributed by atoms with van der Waals surface area (Å²) >= 11 is 0. The summed E-state index contributed by atoms with van der Waals surface area (Å²) in [7, 11) is 0. The molecule has 18 heavy (non-hydrogen) atoms. The van der Waals surface area contributed by atoms with E-state index < -0.39 is 23.8 Å². The van der Waals surface area contributed by atoms with Crippen LogP contribution in [0.4, 0.5) is 4.39 Å². The first kappa shape index (κ1) is 14.1. The second-order valence-electron chi connectivity index (χ2n) is 3.66. The number of hydrogen-bond acceptors (Lipinski definition) is 3. The molecule has 6 heteroatoms. The second-order valence-corrected chi connectivity index (χ2v) is 3.66. The molecule has 0 saturated heterocycles. The average Bonchev–Trinajstić information content (AvgIpc) is 2.34. The molecule has 1 atom stereocenters. The van der Waals surface area contributed by atoms with Crippen LogP contribution in [-0.2, 0) is 20.9 Å². The van der Waals surface area contributed by atoms with Crippen molar-refractivity contribution in [1.29, 1.82) is 0 Å². The lowest BCUT2D eigenvalue weighted by molar-refractivity contribution is -0.150. The molecule has 1 aromatic rings. The van der Waals surface area contributed by atoms with Crippen LogP contribution in [0.3, 0.4) is 0 Å². The van der Waals surface area contributed by atoms with E-state index in [-0.39, 0.29) is 13.2 Å². The van der Waals surface area contributed by atoms with Crippen LogP contribution in [0.25, 0.3) is 0 Å². The molecule has 1 rings (SSSR count). The summed E-state index contributed by atoms with van der Waals surface area (Å²) in [6, 6.07) is 6.06. The molecule has 0 fully saturated rings. The number of halogens is 1. The Bertz CT molecular complexity index is 436. The van der Waals surface area contributed by atoms with Gasteiger partial charge in [0.2, 0.25) is 5.91 Å². The monoisotopic (exact) mass is 255 g/mol. The van der Waals surface area contributed by atoms with Crippen molar-refractivity contribution < 1.29 is 23.8 Å². The van der Waals surface area contributed by atoms with E-state index in [0.717, 1.165) is 0 Å². The van der Waals surface area contributed by atoms with Crippen molar-refractivity contribution in [3.8, 4) is 0 Å². The number of amides is 1. The maximum Gasteiger partial charge on any atom is 0.332 e. The lowest BCUT2D eigenvalue weighted by Crippen LogP contribution is -2.31. The van der Waals surface area contributed by atoms with Gasteiger partial charge in [0.05, 0.1) is 0 Å². The highest BCUT2D eigenvalue weighted by Crippen LogP contribution is 2.05. The molecule has 0 aliphatic rings. The van der Waals surface area contributed by atoms with Crippen LogP contribution in [-0.4, -0.2) is 29.7 Å². The van der Waals surface area contributed by atoms with Gasteiger partial charge in [-0.2, -0.15) is 0 Å². The molecule has 2 N–H and O–H groups in total. The Kier molecular flexibility index (Phi) is 5.26. The van der Waals surface area contributed by atoms with E-state index in [1.807, 2.05) is 0 Å². The van der Waals surface area contributed by atoms with Crippen LogP contribution >= 0.6 is 0 Å². The number of carboxylic acid groups (broad SMARTS) is 1. The van der Waals surface area contributed by atoms with Crippen molar-refractivity contribution in [2.45, 2.75) is 19.6 Å². The number of carbonyl (C=O) groups excluding carboxylic acids is 1. The number of nitrogens with one attached hydrogen (secondary N) is 1. The van der Waals surface area contributed by atoms with Gasteiger partial charge in [-0.3, -0.25) is 4.79 Å². The molecule has 0 spiro atoms. The van der Waals surface area contributed by atoms with E-state index in [0.29, 0.717) is 5.56 Å². The molecule has 0 saturated carbocycles. The van der Waals surface area contributed by atoms with E-state index >= 15 is 0 Å². The van der Waals surface area contributed by atoms with E-state index in [4.69, 9.17) is 9.84 Å². The quantitative estimate of drug-likeness (QED) is 0.793. The number of ether oxygens (including phenoxy) is 1. The third-order valence-corrected chi connectivity index (χ3v) is 2.25. The fraction of sp³-hybridized carbons (Fsp3) is 0.333. The lowest BCUT2D eigenvalue weighted by atomic mass is 10.2. The molecule has 0 aromatic heterocycles. The Hall–Kier alpha value is -1.95. The SMILES string of the molecule is C[C@H](OCC(=O)NCc1ccccc1F)C(=O)O. The van der Waals surface area contributed by atoms with Crippen molar-refractivity contribution in [2.75, 3.05) is 6.61 Å². The fourth-order valence-corrected chi connectivity index (χ4v) is 1.16. The number of rotatable bonds is 6. The summed E-state index contributed by atoms with van der Waals surface area (Å²) in [4.78, 5) is 21.7. The van der Waals surface area contributed by atoms with Gasteiger partial charge in [0, 0.05) is 12.1 Å². The number of carbonyl (C=O) groups is 2. The molecule has 1 aromatic carbocycles. The van der Waals surface area contributed by atoms with Gasteiger partial charge in [0.1, 0.15) is 12.4 Å². The number of aliphatic carboxylic acids is 1. The Morgan fingerprint density at radius 2 is 2.11 bits per heavy atom. The molecule has 0 aliphatic heterocycles. The maximum absolute atomic E-state index is 13.2. The van der Waals surface area contributed by atoms with E-state index in [1.165, 1.54) is 13.0 Å². The van der Waals surface area contributed by atoms with Gasteiger partial charge < -0.3 is 15.2 Å². The highest BCUT2D eigenvalue weighted by Gasteiger charge is 2.13. The van der Waals surface area contributed by atoms with Gasteiger partial charge in [-0.1, -0.05) is 18.2 Å². The van der Waals surface area contributed by atoms with Gasteiger partial charge in [-0.05, 0) is 13.0 Å². The van der Waals surface area contributed by atoms with E-state index in [1.54, 1.807) is 18.2 Å². The molecule has 0 aliphatic carbocycles. The van der Waals surface area contributed by atoms with Crippen molar-refractivity contribution in [1.82, 2.24) is 5.32 Å². The summed E-state index contributed by atoms with van der Waals surface area (Å²) < 4.78 is 18.0. The predicted molar refractivity (Wildman–Crippen MR) is 61.3 cm³/mol. The minimum atomic E-state index is -1.14. The van der Waals surface area contributed by atoms with Crippen molar-refractivity contribution in [3.05, 3.63) is 35.6 Å². The smallest absolute Gasteiger partial charge is 0.332 e. The molecule has 5 nitrogen and oxygen atoms in total. The average molecular weight is 255 g/mol. The van der Waals surface area contributed by atoms with Crippen LogP contribution in [0.15, 0.2) is 24.3 Å². The van der Waals surface area contributed by atoms with Crippen LogP contribution in [0.2, 0.25) is 0 Å². The minimum absolute atomic E-state index is 0.0380. The van der Waals surface area contributed by atoms with Gasteiger partial charge in [0.15, 0.2) is 6.10 Å². The lowest BCUT2D eigenvalue weighted by Gasteiger charge is -2.09. The van der Waals surface area contributed by atoms with Crippen LogP contribution in [0.5, 0.6) is 0 Å². The van der Waals surface area contributed by atoms with Crippen molar-refractivity contribution in [3.63, 3.8) is 0 Å². The zero-order chi connectivity index (χ0) is 13.5. The fourth-order valence-electron chi connectivity index (χ4n) is 1.16. The predicted octanol–water partition coefficient (Wildman–Crippen LogP) is 0.932. The molecular formula is C12H14FNO4. The third kappa shape index (κ3) is 4.50. The topological polar surface area (TPSA) is 75.6 Å².